The van der Waals surface area contributed by atoms with Crippen molar-refractivity contribution in [3.05, 3.63) is 42.2 Å². The van der Waals surface area contributed by atoms with E-state index in [0.29, 0.717) is 0 Å². The number of amides is 1. The van der Waals surface area contributed by atoms with Gasteiger partial charge in [-0.2, -0.15) is 0 Å². The van der Waals surface area contributed by atoms with E-state index in [2.05, 4.69) is 33.4 Å². The van der Waals surface area contributed by atoms with Crippen LogP contribution in [-0.4, -0.2) is 57.6 Å². The molecular formula is C22H26N6O. The van der Waals surface area contributed by atoms with Crippen molar-refractivity contribution < 1.29 is 4.79 Å². The number of pyridine rings is 1. The van der Waals surface area contributed by atoms with Crippen LogP contribution in [0.4, 0.5) is 5.82 Å². The highest BCUT2D eigenvalue weighted by Crippen LogP contribution is 2.30. The molecule has 4 bridgehead atoms. The molecule has 2 atom stereocenters. The molecule has 1 amide bonds. The number of aromatic nitrogens is 3. The standard InChI is InChI=1S/C22H26N6O/c1-14-24-18-8-3-6-16-17-7-4-9-20(26-17)25-15-12-19(23-13-15)22(29)27(2)10-5-11-28(14)21(16)18/h3-4,6-9,15,19,23H,5,10-13H2,1-2H3,(H,25,26). The Morgan fingerprint density at radius 2 is 1.97 bits per heavy atom. The van der Waals surface area contributed by atoms with Crippen molar-refractivity contribution in [2.75, 3.05) is 25.5 Å². The van der Waals surface area contributed by atoms with Gasteiger partial charge in [0.1, 0.15) is 11.6 Å². The number of hydrogen-bond acceptors (Lipinski definition) is 5. The van der Waals surface area contributed by atoms with Gasteiger partial charge in [-0.3, -0.25) is 4.79 Å². The van der Waals surface area contributed by atoms with E-state index in [1.54, 1.807) is 0 Å². The lowest BCUT2D eigenvalue weighted by Crippen LogP contribution is -2.42. The van der Waals surface area contributed by atoms with E-state index >= 15 is 0 Å². The van der Waals surface area contributed by atoms with Crippen LogP contribution in [0.2, 0.25) is 0 Å². The molecule has 0 aliphatic carbocycles. The lowest BCUT2D eigenvalue weighted by molar-refractivity contribution is -0.131. The maximum atomic E-state index is 12.8. The smallest absolute Gasteiger partial charge is 0.239 e. The highest BCUT2D eigenvalue weighted by Gasteiger charge is 2.31. The highest BCUT2D eigenvalue weighted by atomic mass is 16.2. The Morgan fingerprint density at radius 1 is 1.10 bits per heavy atom. The minimum absolute atomic E-state index is 0.135. The summed E-state index contributed by atoms with van der Waals surface area (Å²) in [5, 5.41) is 6.88. The van der Waals surface area contributed by atoms with E-state index in [9.17, 15) is 4.79 Å². The van der Waals surface area contributed by atoms with Gasteiger partial charge in [-0.05, 0) is 38.0 Å². The molecule has 2 aromatic heterocycles. The van der Waals surface area contributed by atoms with Crippen molar-refractivity contribution in [2.24, 2.45) is 0 Å². The van der Waals surface area contributed by atoms with Gasteiger partial charge in [0.05, 0.1) is 22.8 Å². The lowest BCUT2D eigenvalue weighted by atomic mass is 10.1. The summed E-state index contributed by atoms with van der Waals surface area (Å²) < 4.78 is 2.26. The number of aryl methyl sites for hydroxylation is 2. The minimum atomic E-state index is -0.135. The van der Waals surface area contributed by atoms with Crippen LogP contribution in [0.3, 0.4) is 0 Å². The molecule has 1 fully saturated rings. The summed E-state index contributed by atoms with van der Waals surface area (Å²) in [7, 11) is 1.90. The summed E-state index contributed by atoms with van der Waals surface area (Å²) in [5.41, 5.74) is 4.12. The number of nitrogens with zero attached hydrogens (tertiary/aromatic N) is 4. The number of carbonyl (C=O) groups excluding carboxylic acids is 1. The molecule has 7 heteroatoms. The largest absolute Gasteiger partial charge is 0.366 e. The normalized spacial score (nSPS) is 22.3. The Bertz CT molecular complexity index is 1070. The molecule has 3 aromatic rings. The topological polar surface area (TPSA) is 75.1 Å². The van der Waals surface area contributed by atoms with Crippen LogP contribution in [0.1, 0.15) is 18.7 Å². The van der Waals surface area contributed by atoms with Crippen molar-refractivity contribution in [3.63, 3.8) is 0 Å². The van der Waals surface area contributed by atoms with Gasteiger partial charge >= 0.3 is 0 Å². The predicted octanol–water partition coefficient (Wildman–Crippen LogP) is 2.41. The summed E-state index contributed by atoms with van der Waals surface area (Å²) in [6, 6.07) is 12.4. The molecule has 29 heavy (non-hydrogen) atoms. The number of rotatable bonds is 0. The number of benzene rings is 1. The Kier molecular flexibility index (Phi) is 4.47. The third-order valence-corrected chi connectivity index (χ3v) is 6.02. The van der Waals surface area contributed by atoms with Gasteiger partial charge in [0, 0.05) is 38.3 Å². The molecule has 150 valence electrons. The molecule has 2 aliphatic heterocycles. The molecule has 1 saturated heterocycles. The van der Waals surface area contributed by atoms with Crippen LogP contribution in [0.15, 0.2) is 36.4 Å². The third kappa shape index (κ3) is 3.25. The summed E-state index contributed by atoms with van der Waals surface area (Å²) in [6.45, 7) is 4.34. The average Bonchev–Trinajstić information content (AvgIpc) is 3.31. The van der Waals surface area contributed by atoms with Crippen molar-refractivity contribution in [3.8, 4) is 11.3 Å². The Morgan fingerprint density at radius 3 is 2.86 bits per heavy atom. The lowest BCUT2D eigenvalue weighted by Gasteiger charge is -2.21. The zero-order valence-corrected chi connectivity index (χ0v) is 16.9. The fourth-order valence-corrected chi connectivity index (χ4v) is 4.53. The third-order valence-electron chi connectivity index (χ3n) is 6.02. The van der Waals surface area contributed by atoms with Gasteiger partial charge < -0.3 is 20.1 Å². The van der Waals surface area contributed by atoms with Crippen molar-refractivity contribution in [2.45, 2.75) is 38.4 Å². The summed E-state index contributed by atoms with van der Waals surface area (Å²) in [4.78, 5) is 24.3. The number of nitrogens with one attached hydrogen (secondary N) is 2. The second-order valence-corrected chi connectivity index (χ2v) is 8.04. The molecule has 0 spiro atoms. The van der Waals surface area contributed by atoms with Crippen LogP contribution in [0.5, 0.6) is 0 Å². The molecule has 1 aromatic carbocycles. The second kappa shape index (κ2) is 7.15. The molecule has 2 unspecified atom stereocenters. The number of hydrogen-bond donors (Lipinski definition) is 2. The van der Waals surface area contributed by atoms with Crippen LogP contribution in [0, 0.1) is 6.92 Å². The first-order valence-electron chi connectivity index (χ1n) is 10.3. The fraction of sp³-hybridized carbons (Fsp3) is 0.409. The zero-order valence-electron chi connectivity index (χ0n) is 16.9. The van der Waals surface area contributed by atoms with Gasteiger partial charge in [0.2, 0.25) is 5.91 Å². The molecule has 0 radical (unpaired) electrons. The number of para-hydroxylation sites is 1. The minimum Gasteiger partial charge on any atom is -0.366 e. The van der Waals surface area contributed by atoms with Gasteiger partial charge in [-0.15, -0.1) is 0 Å². The first-order valence-corrected chi connectivity index (χ1v) is 10.3. The van der Waals surface area contributed by atoms with Gasteiger partial charge in [-0.1, -0.05) is 18.2 Å². The fourth-order valence-electron chi connectivity index (χ4n) is 4.53. The Hall–Kier alpha value is -2.93. The maximum Gasteiger partial charge on any atom is 0.239 e. The molecule has 0 saturated carbocycles. The van der Waals surface area contributed by atoms with Crippen LogP contribution in [0.25, 0.3) is 22.3 Å². The van der Waals surface area contributed by atoms with E-state index in [-0.39, 0.29) is 18.0 Å². The summed E-state index contributed by atoms with van der Waals surface area (Å²) >= 11 is 0. The number of carbonyl (C=O) groups is 1. The monoisotopic (exact) mass is 390 g/mol. The van der Waals surface area contributed by atoms with Crippen molar-refractivity contribution in [1.82, 2.24) is 24.8 Å². The van der Waals surface area contributed by atoms with E-state index in [4.69, 9.17) is 9.97 Å². The molecule has 2 N–H and O–H groups in total. The van der Waals surface area contributed by atoms with E-state index < -0.39 is 0 Å². The van der Waals surface area contributed by atoms with Crippen LogP contribution in [-0.2, 0) is 11.3 Å². The van der Waals surface area contributed by atoms with Gasteiger partial charge in [0.25, 0.3) is 0 Å². The number of likely N-dealkylation sites (N-methyl/N-ethyl adjacent to an activating group) is 1. The Labute approximate surface area is 170 Å². The number of anilines is 1. The van der Waals surface area contributed by atoms with Gasteiger partial charge in [-0.25, -0.2) is 9.97 Å². The quantitative estimate of drug-likeness (QED) is 0.617. The van der Waals surface area contributed by atoms with E-state index in [1.807, 2.05) is 37.1 Å². The van der Waals surface area contributed by atoms with Crippen molar-refractivity contribution in [1.29, 1.82) is 0 Å². The molecular weight excluding hydrogens is 364 g/mol. The highest BCUT2D eigenvalue weighted by molar-refractivity contribution is 5.92. The van der Waals surface area contributed by atoms with Crippen LogP contribution < -0.4 is 10.6 Å². The van der Waals surface area contributed by atoms with Crippen LogP contribution >= 0.6 is 0 Å². The molecule has 2 aliphatic rings. The summed E-state index contributed by atoms with van der Waals surface area (Å²) in [6.07, 6.45) is 1.65. The predicted molar refractivity (Wildman–Crippen MR) is 114 cm³/mol. The number of imidazole rings is 1. The van der Waals surface area contributed by atoms with E-state index in [0.717, 1.165) is 66.4 Å². The SMILES string of the molecule is Cc1nc2cccc3c2n1CCCN(C)C(=O)C1CC(CN1)Nc1cccc-3n1. The number of fused-ring (bicyclic) bond motifs is 5. The van der Waals surface area contributed by atoms with Gasteiger partial charge in [0.15, 0.2) is 0 Å². The second-order valence-electron chi connectivity index (χ2n) is 8.04. The first kappa shape index (κ1) is 18.1. The molecule has 4 heterocycles. The molecule has 7 nitrogen and oxygen atoms in total. The van der Waals surface area contributed by atoms with E-state index in [1.165, 1.54) is 0 Å². The summed E-state index contributed by atoms with van der Waals surface area (Å²) in [5.74, 6) is 1.99. The average molecular weight is 390 g/mol. The first-order chi connectivity index (χ1) is 14.1. The zero-order chi connectivity index (χ0) is 20.0. The maximum absolute atomic E-state index is 12.8. The Balaban J connectivity index is 1.62. The molecule has 5 rings (SSSR count). The van der Waals surface area contributed by atoms with Crippen molar-refractivity contribution >= 4 is 22.8 Å².